The van der Waals surface area contributed by atoms with Crippen LogP contribution in [0.25, 0.3) is 0 Å². The number of aliphatic hydroxyl groups excluding tert-OH is 1. The number of ketones is 1. The SMILES string of the molecule is O=C1CCN2CCCC2C1.OC1CCN2CCCC2C1. The molecule has 114 valence electrons. The number of aliphatic hydroxyl groups is 1. The molecule has 3 unspecified atom stereocenters. The third-order valence-electron chi connectivity index (χ3n) is 5.43. The molecule has 20 heavy (non-hydrogen) atoms. The summed E-state index contributed by atoms with van der Waals surface area (Å²) < 4.78 is 0. The number of Topliss-reactive ketones (excluding diaryl/α,β-unsaturated/α-hetero) is 1. The lowest BCUT2D eigenvalue weighted by molar-refractivity contribution is -0.122. The molecular formula is C16H28N2O2. The van der Waals surface area contributed by atoms with Crippen LogP contribution in [0.15, 0.2) is 0 Å². The molecule has 0 amide bonds. The van der Waals surface area contributed by atoms with Crippen molar-refractivity contribution < 1.29 is 9.90 Å². The predicted molar refractivity (Wildman–Crippen MR) is 78.7 cm³/mol. The second-order valence-electron chi connectivity index (χ2n) is 6.84. The van der Waals surface area contributed by atoms with E-state index in [0.717, 1.165) is 44.8 Å². The molecule has 4 saturated heterocycles. The van der Waals surface area contributed by atoms with E-state index in [1.54, 1.807) is 0 Å². The molecule has 4 nitrogen and oxygen atoms in total. The zero-order valence-corrected chi connectivity index (χ0v) is 12.5. The highest BCUT2D eigenvalue weighted by Crippen LogP contribution is 2.26. The summed E-state index contributed by atoms with van der Waals surface area (Å²) >= 11 is 0. The average Bonchev–Trinajstić information content (AvgIpc) is 3.06. The third-order valence-corrected chi connectivity index (χ3v) is 5.43. The number of hydrogen-bond acceptors (Lipinski definition) is 4. The second kappa shape index (κ2) is 6.54. The van der Waals surface area contributed by atoms with Crippen molar-refractivity contribution in [1.82, 2.24) is 9.80 Å². The fourth-order valence-corrected chi connectivity index (χ4v) is 4.26. The molecule has 4 fully saturated rings. The number of carbonyl (C=O) groups is 1. The van der Waals surface area contributed by atoms with E-state index in [4.69, 9.17) is 0 Å². The minimum absolute atomic E-state index is 0.000602. The van der Waals surface area contributed by atoms with Crippen molar-refractivity contribution in [3.8, 4) is 0 Å². The molecule has 0 spiro atoms. The summed E-state index contributed by atoms with van der Waals surface area (Å²) in [6.07, 6.45) is 8.88. The minimum atomic E-state index is -0.000602. The van der Waals surface area contributed by atoms with Crippen molar-refractivity contribution in [2.75, 3.05) is 26.2 Å². The van der Waals surface area contributed by atoms with Gasteiger partial charge in [0.15, 0.2) is 0 Å². The van der Waals surface area contributed by atoms with E-state index in [1.165, 1.54) is 38.8 Å². The molecule has 1 N–H and O–H groups in total. The topological polar surface area (TPSA) is 43.8 Å². The van der Waals surface area contributed by atoms with Gasteiger partial charge in [-0.3, -0.25) is 9.69 Å². The van der Waals surface area contributed by atoms with Gasteiger partial charge >= 0.3 is 0 Å². The smallest absolute Gasteiger partial charge is 0.135 e. The lowest BCUT2D eigenvalue weighted by Crippen LogP contribution is -2.39. The standard InChI is InChI=1S/C8H15NO.C8H13NO/c2*10-8-3-5-9-4-1-2-7(9)6-8/h7-8,10H,1-6H2;7H,1-6H2. The van der Waals surface area contributed by atoms with Crippen LogP contribution in [-0.2, 0) is 4.79 Å². The van der Waals surface area contributed by atoms with Crippen LogP contribution in [-0.4, -0.2) is 65.1 Å². The van der Waals surface area contributed by atoms with Crippen LogP contribution in [0.4, 0.5) is 0 Å². The van der Waals surface area contributed by atoms with E-state index in [9.17, 15) is 9.90 Å². The molecule has 4 aliphatic heterocycles. The maximum atomic E-state index is 11.0. The molecule has 4 rings (SSSR count). The van der Waals surface area contributed by atoms with E-state index in [0.29, 0.717) is 11.8 Å². The number of carbonyl (C=O) groups excluding carboxylic acids is 1. The first-order valence-corrected chi connectivity index (χ1v) is 8.40. The van der Waals surface area contributed by atoms with Gasteiger partial charge in [-0.25, -0.2) is 0 Å². The molecule has 4 heterocycles. The van der Waals surface area contributed by atoms with Crippen LogP contribution < -0.4 is 0 Å². The molecule has 0 aromatic rings. The van der Waals surface area contributed by atoms with E-state index < -0.39 is 0 Å². The fourth-order valence-electron chi connectivity index (χ4n) is 4.26. The van der Waals surface area contributed by atoms with Gasteiger partial charge in [0.2, 0.25) is 0 Å². The van der Waals surface area contributed by atoms with Crippen LogP contribution >= 0.6 is 0 Å². The maximum Gasteiger partial charge on any atom is 0.135 e. The lowest BCUT2D eigenvalue weighted by atomic mass is 10.0. The summed E-state index contributed by atoms with van der Waals surface area (Å²) in [6, 6.07) is 1.35. The zero-order chi connectivity index (χ0) is 13.9. The average molecular weight is 280 g/mol. The van der Waals surface area contributed by atoms with Gasteiger partial charge in [-0.2, -0.15) is 0 Å². The van der Waals surface area contributed by atoms with Crippen LogP contribution in [0.3, 0.4) is 0 Å². The molecular weight excluding hydrogens is 252 g/mol. The first-order chi connectivity index (χ1) is 9.72. The molecule has 3 atom stereocenters. The minimum Gasteiger partial charge on any atom is -0.393 e. The molecule has 0 aliphatic carbocycles. The molecule has 0 aromatic heterocycles. The zero-order valence-electron chi connectivity index (χ0n) is 12.5. The Kier molecular flexibility index (Phi) is 4.74. The van der Waals surface area contributed by atoms with E-state index >= 15 is 0 Å². The van der Waals surface area contributed by atoms with Gasteiger partial charge in [0, 0.05) is 38.0 Å². The number of piperidine rings is 2. The van der Waals surface area contributed by atoms with E-state index in [1.807, 2.05) is 0 Å². The summed E-state index contributed by atoms with van der Waals surface area (Å²) in [6.45, 7) is 4.67. The highest BCUT2D eigenvalue weighted by molar-refractivity contribution is 5.80. The largest absolute Gasteiger partial charge is 0.393 e. The molecule has 4 aliphatic rings. The Bertz CT molecular complexity index is 347. The lowest BCUT2D eigenvalue weighted by Gasteiger charge is -2.32. The fraction of sp³-hybridized carbons (Fsp3) is 0.938. The van der Waals surface area contributed by atoms with Crippen molar-refractivity contribution in [2.24, 2.45) is 0 Å². The predicted octanol–water partition coefficient (Wildman–Crippen LogP) is 1.42. The normalized spacial score (nSPS) is 38.0. The van der Waals surface area contributed by atoms with Gasteiger partial charge < -0.3 is 10.0 Å². The number of hydrogen-bond donors (Lipinski definition) is 1. The first-order valence-electron chi connectivity index (χ1n) is 8.40. The molecule has 0 bridgehead atoms. The Hall–Kier alpha value is -0.450. The maximum absolute atomic E-state index is 11.0. The van der Waals surface area contributed by atoms with Crippen LogP contribution in [0.2, 0.25) is 0 Å². The van der Waals surface area contributed by atoms with Gasteiger partial charge in [-0.1, -0.05) is 0 Å². The van der Waals surface area contributed by atoms with E-state index in [2.05, 4.69) is 9.80 Å². The summed E-state index contributed by atoms with van der Waals surface area (Å²) in [5, 5.41) is 9.33. The van der Waals surface area contributed by atoms with Gasteiger partial charge in [-0.05, 0) is 51.6 Å². The molecule has 0 aromatic carbocycles. The Labute approximate surface area is 122 Å². The molecule has 0 saturated carbocycles. The monoisotopic (exact) mass is 280 g/mol. The Morgan fingerprint density at radius 2 is 1.60 bits per heavy atom. The van der Waals surface area contributed by atoms with Gasteiger partial charge in [0.25, 0.3) is 0 Å². The quantitative estimate of drug-likeness (QED) is 0.729. The second-order valence-corrected chi connectivity index (χ2v) is 6.84. The highest BCUT2D eigenvalue weighted by atomic mass is 16.3. The Balaban J connectivity index is 0.000000121. The highest BCUT2D eigenvalue weighted by Gasteiger charge is 2.31. The third kappa shape index (κ3) is 3.41. The van der Waals surface area contributed by atoms with Gasteiger partial charge in [0.1, 0.15) is 5.78 Å². The number of rotatable bonds is 0. The molecule has 4 heteroatoms. The van der Waals surface area contributed by atoms with Crippen molar-refractivity contribution in [2.45, 2.75) is 69.6 Å². The summed E-state index contributed by atoms with van der Waals surface area (Å²) in [4.78, 5) is 16.0. The van der Waals surface area contributed by atoms with Crippen LogP contribution in [0.5, 0.6) is 0 Å². The van der Waals surface area contributed by atoms with Crippen LogP contribution in [0, 0.1) is 0 Å². The Morgan fingerprint density at radius 3 is 2.40 bits per heavy atom. The van der Waals surface area contributed by atoms with Crippen molar-refractivity contribution >= 4 is 5.78 Å². The summed E-state index contributed by atoms with van der Waals surface area (Å²) in [5.41, 5.74) is 0. The van der Waals surface area contributed by atoms with Crippen LogP contribution in [0.1, 0.15) is 51.4 Å². The van der Waals surface area contributed by atoms with Crippen molar-refractivity contribution in [3.63, 3.8) is 0 Å². The van der Waals surface area contributed by atoms with E-state index in [-0.39, 0.29) is 6.10 Å². The van der Waals surface area contributed by atoms with Crippen molar-refractivity contribution in [1.29, 1.82) is 0 Å². The number of nitrogens with zero attached hydrogens (tertiary/aromatic N) is 2. The summed E-state index contributed by atoms with van der Waals surface area (Å²) in [5.74, 6) is 0.475. The molecule has 0 radical (unpaired) electrons. The number of fused-ring (bicyclic) bond motifs is 2. The summed E-state index contributed by atoms with van der Waals surface area (Å²) in [7, 11) is 0. The Morgan fingerprint density at radius 1 is 0.900 bits per heavy atom. The first kappa shape index (κ1) is 14.5. The van der Waals surface area contributed by atoms with Gasteiger partial charge in [0.05, 0.1) is 6.10 Å². The van der Waals surface area contributed by atoms with Crippen molar-refractivity contribution in [3.05, 3.63) is 0 Å². The van der Waals surface area contributed by atoms with Gasteiger partial charge in [-0.15, -0.1) is 0 Å².